The summed E-state index contributed by atoms with van der Waals surface area (Å²) < 4.78 is 15.2. The molecule has 0 N–H and O–H groups in total. The first-order chi connectivity index (χ1) is 8.22. The van der Waals surface area contributed by atoms with Crippen molar-refractivity contribution in [3.63, 3.8) is 0 Å². The van der Waals surface area contributed by atoms with E-state index in [0.717, 1.165) is 0 Å². The lowest BCUT2D eigenvalue weighted by molar-refractivity contribution is -0.145. The van der Waals surface area contributed by atoms with E-state index in [9.17, 15) is 9.59 Å². The molecule has 1 aromatic carbocycles. The summed E-state index contributed by atoms with van der Waals surface area (Å²) in [5, 5.41) is 0. The summed E-state index contributed by atoms with van der Waals surface area (Å²) in [4.78, 5) is 22.5. The molecular formula is C12H12O5. The second-order valence-electron chi connectivity index (χ2n) is 3.44. The minimum Gasteiger partial charge on any atom is -0.481 e. The minimum absolute atomic E-state index is 0.0229. The van der Waals surface area contributed by atoms with Gasteiger partial charge in [-0.25, -0.2) is 4.79 Å². The molecule has 0 aliphatic carbocycles. The Bertz CT molecular complexity index is 452. The molecule has 0 aromatic heterocycles. The Hall–Kier alpha value is -2.04. The van der Waals surface area contributed by atoms with E-state index in [4.69, 9.17) is 14.2 Å². The van der Waals surface area contributed by atoms with Crippen molar-refractivity contribution >= 4 is 11.8 Å². The van der Waals surface area contributed by atoms with Crippen LogP contribution in [0.15, 0.2) is 18.2 Å². The minimum atomic E-state index is -0.450. The van der Waals surface area contributed by atoms with Gasteiger partial charge in [0.25, 0.3) is 0 Å². The highest BCUT2D eigenvalue weighted by atomic mass is 16.6. The van der Waals surface area contributed by atoms with Gasteiger partial charge in [-0.05, 0) is 19.1 Å². The average molecular weight is 236 g/mol. The quantitative estimate of drug-likeness (QED) is 0.735. The maximum atomic E-state index is 11.4. The van der Waals surface area contributed by atoms with Gasteiger partial charge in [0.15, 0.2) is 24.7 Å². The molecule has 0 amide bonds. The Morgan fingerprint density at radius 3 is 3.06 bits per heavy atom. The summed E-state index contributed by atoms with van der Waals surface area (Å²) in [6.45, 7) is 1.86. The van der Waals surface area contributed by atoms with Crippen LogP contribution < -0.4 is 9.47 Å². The van der Waals surface area contributed by atoms with Crippen molar-refractivity contribution in [2.24, 2.45) is 0 Å². The number of ketones is 1. The van der Waals surface area contributed by atoms with E-state index in [2.05, 4.69) is 0 Å². The maximum Gasteiger partial charge on any atom is 0.344 e. The summed E-state index contributed by atoms with van der Waals surface area (Å²) in [5.74, 6) is 0.263. The van der Waals surface area contributed by atoms with Crippen molar-refractivity contribution in [1.82, 2.24) is 0 Å². The molecule has 17 heavy (non-hydrogen) atoms. The van der Waals surface area contributed by atoms with Crippen molar-refractivity contribution in [1.29, 1.82) is 0 Å². The van der Waals surface area contributed by atoms with Gasteiger partial charge in [-0.2, -0.15) is 0 Å². The number of carbonyl (C=O) groups excluding carboxylic acids is 2. The first-order valence-corrected chi connectivity index (χ1v) is 5.29. The highest BCUT2D eigenvalue weighted by Crippen LogP contribution is 2.35. The summed E-state index contributed by atoms with van der Waals surface area (Å²) in [5.41, 5.74) is 0.492. The van der Waals surface area contributed by atoms with Crippen LogP contribution in [-0.4, -0.2) is 31.6 Å². The molecule has 1 aliphatic heterocycles. The van der Waals surface area contributed by atoms with Gasteiger partial charge in [0, 0.05) is 0 Å². The van der Waals surface area contributed by atoms with Gasteiger partial charge in [0.2, 0.25) is 5.78 Å². The zero-order chi connectivity index (χ0) is 12.3. The number of para-hydroxylation sites is 1. The van der Waals surface area contributed by atoms with E-state index in [0.29, 0.717) is 23.7 Å². The Morgan fingerprint density at radius 2 is 2.29 bits per heavy atom. The van der Waals surface area contributed by atoms with E-state index in [1.165, 1.54) is 0 Å². The van der Waals surface area contributed by atoms with Crippen LogP contribution in [-0.2, 0) is 9.53 Å². The average Bonchev–Trinajstić information content (AvgIpc) is 2.70. The molecule has 1 heterocycles. The number of fused-ring (bicyclic) bond motifs is 1. The molecule has 0 atom stereocenters. The number of benzene rings is 1. The predicted octanol–water partition coefficient (Wildman–Crippen LogP) is 1.20. The molecule has 0 bridgehead atoms. The lowest BCUT2D eigenvalue weighted by Crippen LogP contribution is -2.14. The molecule has 0 spiro atoms. The lowest BCUT2D eigenvalue weighted by Gasteiger charge is -2.08. The molecule has 0 radical (unpaired) electrons. The van der Waals surface area contributed by atoms with Crippen LogP contribution in [0.2, 0.25) is 0 Å². The van der Waals surface area contributed by atoms with Gasteiger partial charge in [0.05, 0.1) is 12.2 Å². The third kappa shape index (κ3) is 2.38. The van der Waals surface area contributed by atoms with Crippen molar-refractivity contribution in [3.8, 4) is 11.5 Å². The molecular weight excluding hydrogens is 224 g/mol. The van der Waals surface area contributed by atoms with Gasteiger partial charge in [0.1, 0.15) is 0 Å². The fraction of sp³-hybridized carbons (Fsp3) is 0.333. The molecule has 2 rings (SSSR count). The normalized spacial score (nSPS) is 12.9. The lowest BCUT2D eigenvalue weighted by atomic mass is 10.1. The third-order valence-electron chi connectivity index (χ3n) is 2.28. The second kappa shape index (κ2) is 4.86. The number of esters is 1. The standard InChI is InChI=1S/C12H12O5/c1-2-15-11(14)7-16-10-5-3-4-8-9(13)6-17-12(8)10/h3-5H,2,6-7H2,1H3. The summed E-state index contributed by atoms with van der Waals surface area (Å²) >= 11 is 0. The monoisotopic (exact) mass is 236 g/mol. The molecule has 90 valence electrons. The summed E-state index contributed by atoms with van der Waals surface area (Å²) in [7, 11) is 0. The zero-order valence-electron chi connectivity index (χ0n) is 9.39. The predicted molar refractivity (Wildman–Crippen MR) is 58.4 cm³/mol. The highest BCUT2D eigenvalue weighted by molar-refractivity contribution is 6.03. The Kier molecular flexibility index (Phi) is 3.27. The van der Waals surface area contributed by atoms with Crippen LogP contribution in [0, 0.1) is 0 Å². The largest absolute Gasteiger partial charge is 0.481 e. The Balaban J connectivity index is 2.08. The van der Waals surface area contributed by atoms with E-state index >= 15 is 0 Å². The highest BCUT2D eigenvalue weighted by Gasteiger charge is 2.24. The summed E-state index contributed by atoms with van der Waals surface area (Å²) in [6.07, 6.45) is 0. The van der Waals surface area contributed by atoms with Crippen LogP contribution in [0.4, 0.5) is 0 Å². The SMILES string of the molecule is CCOC(=O)COc1cccc2c1OCC2=O. The maximum absolute atomic E-state index is 11.4. The summed E-state index contributed by atoms with van der Waals surface area (Å²) in [6, 6.07) is 5.00. The Labute approximate surface area is 98.3 Å². The molecule has 5 nitrogen and oxygen atoms in total. The van der Waals surface area contributed by atoms with Gasteiger partial charge in [-0.15, -0.1) is 0 Å². The first kappa shape index (κ1) is 11.4. The molecule has 1 aliphatic rings. The molecule has 0 saturated carbocycles. The number of Topliss-reactive ketones (excluding diaryl/α,β-unsaturated/α-hetero) is 1. The van der Waals surface area contributed by atoms with E-state index in [1.807, 2.05) is 0 Å². The molecule has 0 fully saturated rings. The first-order valence-electron chi connectivity index (χ1n) is 5.29. The Morgan fingerprint density at radius 1 is 1.47 bits per heavy atom. The molecule has 0 saturated heterocycles. The molecule has 1 aromatic rings. The fourth-order valence-corrected chi connectivity index (χ4v) is 1.55. The van der Waals surface area contributed by atoms with Crippen molar-refractivity contribution in [2.45, 2.75) is 6.92 Å². The van der Waals surface area contributed by atoms with E-state index in [-0.39, 0.29) is 19.0 Å². The number of rotatable bonds is 4. The van der Waals surface area contributed by atoms with Crippen molar-refractivity contribution in [3.05, 3.63) is 23.8 Å². The fourth-order valence-electron chi connectivity index (χ4n) is 1.55. The van der Waals surface area contributed by atoms with Crippen molar-refractivity contribution in [2.75, 3.05) is 19.8 Å². The van der Waals surface area contributed by atoms with Crippen LogP contribution in [0.5, 0.6) is 11.5 Å². The molecule has 0 unspecified atom stereocenters. The number of hydrogen-bond donors (Lipinski definition) is 0. The second-order valence-corrected chi connectivity index (χ2v) is 3.44. The van der Waals surface area contributed by atoms with Gasteiger partial charge in [-0.1, -0.05) is 6.07 Å². The van der Waals surface area contributed by atoms with E-state index in [1.54, 1.807) is 25.1 Å². The van der Waals surface area contributed by atoms with Crippen LogP contribution >= 0.6 is 0 Å². The van der Waals surface area contributed by atoms with Gasteiger partial charge < -0.3 is 14.2 Å². The van der Waals surface area contributed by atoms with Crippen LogP contribution in [0.25, 0.3) is 0 Å². The smallest absolute Gasteiger partial charge is 0.344 e. The molecule has 5 heteroatoms. The topological polar surface area (TPSA) is 61.8 Å². The van der Waals surface area contributed by atoms with Gasteiger partial charge >= 0.3 is 5.97 Å². The third-order valence-corrected chi connectivity index (χ3v) is 2.28. The number of ether oxygens (including phenoxy) is 3. The van der Waals surface area contributed by atoms with Gasteiger partial charge in [-0.3, -0.25) is 4.79 Å². The van der Waals surface area contributed by atoms with Crippen LogP contribution in [0.1, 0.15) is 17.3 Å². The number of carbonyl (C=O) groups is 2. The zero-order valence-corrected chi connectivity index (χ0v) is 9.39. The van der Waals surface area contributed by atoms with E-state index < -0.39 is 5.97 Å². The number of hydrogen-bond acceptors (Lipinski definition) is 5. The van der Waals surface area contributed by atoms with Crippen LogP contribution in [0.3, 0.4) is 0 Å². The van der Waals surface area contributed by atoms with Crippen molar-refractivity contribution < 1.29 is 23.8 Å².